The fourth-order valence-corrected chi connectivity index (χ4v) is 3.89. The van der Waals surface area contributed by atoms with Crippen LogP contribution in [0.15, 0.2) is 42.5 Å². The van der Waals surface area contributed by atoms with Crippen molar-refractivity contribution in [2.24, 2.45) is 0 Å². The highest BCUT2D eigenvalue weighted by molar-refractivity contribution is 6.01. The third-order valence-electron chi connectivity index (χ3n) is 5.45. The topological polar surface area (TPSA) is 78.5 Å². The standard InChI is InChI=1S/C23H27N3O3/c1-3-28-18-12-13-19-20(14-18)26(17-6-5-7-17)22(21(19)24)15-8-10-16(11-9-15)25-23(27)29-4-2/h8-14,17H,3-7,24H2,1-2H3,(H,25,27). The molecule has 1 aromatic heterocycles. The average Bonchev–Trinajstić information content (AvgIpc) is 2.94. The zero-order valence-corrected chi connectivity index (χ0v) is 16.9. The van der Waals surface area contributed by atoms with Gasteiger partial charge in [-0.15, -0.1) is 0 Å². The van der Waals surface area contributed by atoms with Crippen molar-refractivity contribution in [3.05, 3.63) is 42.5 Å². The van der Waals surface area contributed by atoms with Crippen LogP contribution in [0.4, 0.5) is 16.2 Å². The van der Waals surface area contributed by atoms with E-state index >= 15 is 0 Å². The van der Waals surface area contributed by atoms with E-state index in [4.69, 9.17) is 15.2 Å². The number of nitrogen functional groups attached to an aromatic ring is 1. The van der Waals surface area contributed by atoms with E-state index in [-0.39, 0.29) is 0 Å². The number of ether oxygens (including phenoxy) is 2. The van der Waals surface area contributed by atoms with Gasteiger partial charge in [0.1, 0.15) is 5.75 Å². The minimum Gasteiger partial charge on any atom is -0.494 e. The summed E-state index contributed by atoms with van der Waals surface area (Å²) in [6, 6.07) is 14.3. The summed E-state index contributed by atoms with van der Waals surface area (Å²) >= 11 is 0. The summed E-state index contributed by atoms with van der Waals surface area (Å²) in [6.07, 6.45) is 3.08. The molecule has 152 valence electrons. The van der Waals surface area contributed by atoms with Gasteiger partial charge in [-0.25, -0.2) is 4.79 Å². The summed E-state index contributed by atoms with van der Waals surface area (Å²) in [5.41, 5.74) is 11.3. The number of hydrogen-bond acceptors (Lipinski definition) is 4. The maximum atomic E-state index is 11.6. The Morgan fingerprint density at radius 3 is 2.52 bits per heavy atom. The van der Waals surface area contributed by atoms with Crippen molar-refractivity contribution in [2.45, 2.75) is 39.2 Å². The molecule has 0 atom stereocenters. The molecule has 1 aliphatic carbocycles. The number of nitrogens with two attached hydrogens (primary N) is 1. The largest absolute Gasteiger partial charge is 0.494 e. The molecule has 1 heterocycles. The van der Waals surface area contributed by atoms with Gasteiger partial charge in [-0.3, -0.25) is 5.32 Å². The molecule has 0 bridgehead atoms. The number of hydrogen-bond donors (Lipinski definition) is 2. The van der Waals surface area contributed by atoms with Gasteiger partial charge in [-0.2, -0.15) is 0 Å². The van der Waals surface area contributed by atoms with Gasteiger partial charge in [0.25, 0.3) is 0 Å². The number of carbonyl (C=O) groups excluding carboxylic acids is 1. The smallest absolute Gasteiger partial charge is 0.411 e. The summed E-state index contributed by atoms with van der Waals surface area (Å²) in [6.45, 7) is 4.74. The first-order chi connectivity index (χ1) is 14.1. The maximum absolute atomic E-state index is 11.6. The lowest BCUT2D eigenvalue weighted by Gasteiger charge is -2.30. The quantitative estimate of drug-likeness (QED) is 0.573. The van der Waals surface area contributed by atoms with Crippen LogP contribution in [0.2, 0.25) is 0 Å². The van der Waals surface area contributed by atoms with Crippen molar-refractivity contribution in [3.8, 4) is 17.0 Å². The monoisotopic (exact) mass is 393 g/mol. The van der Waals surface area contributed by atoms with Gasteiger partial charge in [0, 0.05) is 28.7 Å². The van der Waals surface area contributed by atoms with Crippen LogP contribution in [0, 0.1) is 0 Å². The second-order valence-corrected chi connectivity index (χ2v) is 7.25. The first kappa shape index (κ1) is 19.2. The molecule has 1 aliphatic rings. The highest BCUT2D eigenvalue weighted by Crippen LogP contribution is 2.44. The Morgan fingerprint density at radius 1 is 1.14 bits per heavy atom. The maximum Gasteiger partial charge on any atom is 0.411 e. The summed E-state index contributed by atoms with van der Waals surface area (Å²) in [5, 5.41) is 3.77. The Labute approximate surface area is 170 Å². The molecule has 2 aromatic carbocycles. The lowest BCUT2D eigenvalue weighted by Crippen LogP contribution is -2.18. The fraction of sp³-hybridized carbons (Fsp3) is 0.348. The van der Waals surface area contributed by atoms with Gasteiger partial charge >= 0.3 is 6.09 Å². The molecule has 4 rings (SSSR count). The summed E-state index contributed by atoms with van der Waals surface area (Å²) in [5.74, 6) is 0.860. The van der Waals surface area contributed by atoms with Crippen LogP contribution in [-0.4, -0.2) is 23.9 Å². The number of rotatable bonds is 6. The number of anilines is 2. The Hall–Kier alpha value is -3.15. The highest BCUT2D eigenvalue weighted by atomic mass is 16.5. The van der Waals surface area contributed by atoms with Crippen molar-refractivity contribution in [3.63, 3.8) is 0 Å². The van der Waals surface area contributed by atoms with Crippen LogP contribution in [0.3, 0.4) is 0 Å². The predicted molar refractivity (Wildman–Crippen MR) is 116 cm³/mol. The van der Waals surface area contributed by atoms with Crippen molar-refractivity contribution in [1.29, 1.82) is 0 Å². The molecule has 0 unspecified atom stereocenters. The van der Waals surface area contributed by atoms with Crippen molar-refractivity contribution in [1.82, 2.24) is 4.57 Å². The molecular formula is C23H27N3O3. The minimum atomic E-state index is -0.452. The number of nitrogens with zero attached hydrogens (tertiary/aromatic N) is 1. The SMILES string of the molecule is CCOC(=O)Nc1ccc(-c2c(N)c3ccc(OCC)cc3n2C2CCC2)cc1. The zero-order chi connectivity index (χ0) is 20.4. The molecule has 29 heavy (non-hydrogen) atoms. The van der Waals surface area contributed by atoms with Crippen LogP contribution < -0.4 is 15.8 Å². The van der Waals surface area contributed by atoms with Gasteiger partial charge in [0.05, 0.1) is 30.1 Å². The minimum absolute atomic E-state index is 0.339. The van der Waals surface area contributed by atoms with E-state index in [2.05, 4.69) is 16.0 Å². The Balaban J connectivity index is 1.76. The van der Waals surface area contributed by atoms with Crippen LogP contribution >= 0.6 is 0 Å². The van der Waals surface area contributed by atoms with E-state index in [1.165, 1.54) is 6.42 Å². The summed E-state index contributed by atoms with van der Waals surface area (Å²) < 4.78 is 13.0. The molecule has 0 saturated heterocycles. The number of amides is 1. The molecule has 6 heteroatoms. The van der Waals surface area contributed by atoms with E-state index in [1.807, 2.05) is 43.3 Å². The van der Waals surface area contributed by atoms with Crippen molar-refractivity contribution >= 4 is 28.4 Å². The predicted octanol–water partition coefficient (Wildman–Crippen LogP) is 5.58. The van der Waals surface area contributed by atoms with E-state index in [0.717, 1.165) is 46.4 Å². The number of benzene rings is 2. The number of nitrogens with one attached hydrogen (secondary N) is 1. The molecule has 0 radical (unpaired) electrons. The van der Waals surface area contributed by atoms with Gasteiger partial charge in [0.15, 0.2) is 0 Å². The lowest BCUT2D eigenvalue weighted by molar-refractivity contribution is 0.168. The lowest BCUT2D eigenvalue weighted by atomic mass is 9.92. The van der Waals surface area contributed by atoms with E-state index < -0.39 is 6.09 Å². The summed E-state index contributed by atoms with van der Waals surface area (Å²) in [7, 11) is 0. The van der Waals surface area contributed by atoms with Gasteiger partial charge in [-0.1, -0.05) is 12.1 Å². The van der Waals surface area contributed by atoms with Crippen LogP contribution in [0.5, 0.6) is 5.75 Å². The third kappa shape index (κ3) is 3.62. The van der Waals surface area contributed by atoms with Gasteiger partial charge < -0.3 is 19.8 Å². The second kappa shape index (κ2) is 8.07. The molecule has 0 spiro atoms. The van der Waals surface area contributed by atoms with Crippen molar-refractivity contribution < 1.29 is 14.3 Å². The molecule has 6 nitrogen and oxygen atoms in total. The molecule has 0 aliphatic heterocycles. The average molecular weight is 393 g/mol. The van der Waals surface area contributed by atoms with Crippen LogP contribution in [0.1, 0.15) is 39.2 Å². The van der Waals surface area contributed by atoms with Crippen molar-refractivity contribution in [2.75, 3.05) is 24.3 Å². The van der Waals surface area contributed by atoms with E-state index in [1.54, 1.807) is 6.92 Å². The first-order valence-electron chi connectivity index (χ1n) is 10.2. The van der Waals surface area contributed by atoms with Crippen LogP contribution in [-0.2, 0) is 4.74 Å². The zero-order valence-electron chi connectivity index (χ0n) is 16.9. The molecule has 1 saturated carbocycles. The van der Waals surface area contributed by atoms with Gasteiger partial charge in [0.2, 0.25) is 0 Å². The summed E-state index contributed by atoms with van der Waals surface area (Å²) in [4.78, 5) is 11.6. The fourth-order valence-electron chi connectivity index (χ4n) is 3.89. The number of aromatic nitrogens is 1. The van der Waals surface area contributed by atoms with E-state index in [9.17, 15) is 4.79 Å². The van der Waals surface area contributed by atoms with E-state index in [0.29, 0.717) is 24.9 Å². The Kier molecular flexibility index (Phi) is 5.34. The molecule has 3 aromatic rings. The third-order valence-corrected chi connectivity index (χ3v) is 5.45. The van der Waals surface area contributed by atoms with Gasteiger partial charge in [-0.05, 0) is 57.4 Å². The molecule has 3 N–H and O–H groups in total. The number of carbonyl (C=O) groups is 1. The first-order valence-corrected chi connectivity index (χ1v) is 10.2. The molecular weight excluding hydrogens is 366 g/mol. The van der Waals surface area contributed by atoms with Crippen LogP contribution in [0.25, 0.3) is 22.2 Å². The Bertz CT molecular complexity index is 1020. The number of fused-ring (bicyclic) bond motifs is 1. The Morgan fingerprint density at radius 2 is 1.90 bits per heavy atom. The molecule has 1 fully saturated rings. The highest BCUT2D eigenvalue weighted by Gasteiger charge is 2.27. The second-order valence-electron chi connectivity index (χ2n) is 7.25. The molecule has 1 amide bonds. The normalized spacial score (nSPS) is 13.9.